The van der Waals surface area contributed by atoms with Crippen molar-refractivity contribution in [3.8, 4) is 0 Å². The lowest BCUT2D eigenvalue weighted by atomic mass is 9.98. The molecule has 3 unspecified atom stereocenters. The van der Waals surface area contributed by atoms with Crippen molar-refractivity contribution >= 4 is 16.8 Å². The Hall–Kier alpha value is -1.81. The highest BCUT2D eigenvalue weighted by atomic mass is 16.2. The maximum Gasteiger partial charge on any atom is 0.270 e. The third kappa shape index (κ3) is 1.97. The highest BCUT2D eigenvalue weighted by molar-refractivity contribution is 5.99. The average molecular weight is 297 g/mol. The number of nitrogens with zero attached hydrogens (tertiary/aromatic N) is 1. The number of hydrogen-bond acceptors (Lipinski definition) is 2. The van der Waals surface area contributed by atoms with Gasteiger partial charge < -0.3 is 15.6 Å². The highest BCUT2D eigenvalue weighted by Crippen LogP contribution is 2.37. The summed E-state index contributed by atoms with van der Waals surface area (Å²) in [6.45, 7) is 5.90. The summed E-state index contributed by atoms with van der Waals surface area (Å²) in [7, 11) is 0. The summed E-state index contributed by atoms with van der Waals surface area (Å²) >= 11 is 0. The van der Waals surface area contributed by atoms with E-state index in [1.807, 2.05) is 11.0 Å². The minimum absolute atomic E-state index is 0.120. The monoisotopic (exact) mass is 297 g/mol. The molecule has 1 aromatic carbocycles. The number of nitrogens with two attached hydrogens (primary N) is 1. The third-order valence-electron chi connectivity index (χ3n) is 5.77. The van der Waals surface area contributed by atoms with Crippen LogP contribution < -0.4 is 5.73 Å². The smallest absolute Gasteiger partial charge is 0.270 e. The Morgan fingerprint density at radius 1 is 1.27 bits per heavy atom. The summed E-state index contributed by atoms with van der Waals surface area (Å²) in [5.74, 6) is 1.22. The second kappa shape index (κ2) is 4.85. The van der Waals surface area contributed by atoms with Crippen molar-refractivity contribution in [3.05, 3.63) is 35.0 Å². The van der Waals surface area contributed by atoms with Gasteiger partial charge in [-0.25, -0.2) is 0 Å². The molecule has 116 valence electrons. The zero-order chi connectivity index (χ0) is 15.4. The Kier molecular flexibility index (Phi) is 3.05. The van der Waals surface area contributed by atoms with E-state index in [0.29, 0.717) is 17.5 Å². The molecule has 2 aromatic rings. The number of carbonyl (C=O) groups excluding carboxylic acids is 1. The van der Waals surface area contributed by atoms with Crippen molar-refractivity contribution in [2.45, 2.75) is 32.7 Å². The second-order valence-electron chi connectivity index (χ2n) is 7.03. The fourth-order valence-corrected chi connectivity index (χ4v) is 4.22. The predicted molar refractivity (Wildman–Crippen MR) is 87.9 cm³/mol. The molecule has 1 aliphatic heterocycles. The van der Waals surface area contributed by atoms with Gasteiger partial charge in [0.1, 0.15) is 5.69 Å². The quantitative estimate of drug-likeness (QED) is 0.850. The van der Waals surface area contributed by atoms with E-state index in [4.69, 9.17) is 5.73 Å². The van der Waals surface area contributed by atoms with Gasteiger partial charge in [0, 0.05) is 30.0 Å². The van der Waals surface area contributed by atoms with Crippen molar-refractivity contribution in [3.63, 3.8) is 0 Å². The van der Waals surface area contributed by atoms with Crippen molar-refractivity contribution in [1.82, 2.24) is 9.88 Å². The summed E-state index contributed by atoms with van der Waals surface area (Å²) < 4.78 is 0. The number of benzene rings is 1. The first-order valence-electron chi connectivity index (χ1n) is 8.18. The van der Waals surface area contributed by atoms with Crippen LogP contribution in [0.15, 0.2) is 18.2 Å². The van der Waals surface area contributed by atoms with Gasteiger partial charge in [-0.1, -0.05) is 6.07 Å². The fraction of sp³-hybridized carbons (Fsp3) is 0.500. The maximum atomic E-state index is 12.8. The zero-order valence-corrected chi connectivity index (χ0v) is 13.2. The summed E-state index contributed by atoms with van der Waals surface area (Å²) in [5.41, 5.74) is 10.4. The lowest BCUT2D eigenvalue weighted by molar-refractivity contribution is 0.0774. The topological polar surface area (TPSA) is 62.1 Å². The molecule has 2 aliphatic rings. The molecular weight excluding hydrogens is 274 g/mol. The Morgan fingerprint density at radius 3 is 2.86 bits per heavy atom. The molecule has 1 aliphatic carbocycles. The summed E-state index contributed by atoms with van der Waals surface area (Å²) in [5, 5.41) is 1.15. The number of carbonyl (C=O) groups is 1. The molecule has 3 atom stereocenters. The van der Waals surface area contributed by atoms with E-state index in [2.05, 4.69) is 31.0 Å². The van der Waals surface area contributed by atoms with Crippen LogP contribution in [-0.2, 0) is 0 Å². The first kappa shape index (κ1) is 13.8. The number of amides is 1. The molecule has 4 heteroatoms. The zero-order valence-electron chi connectivity index (χ0n) is 13.2. The molecular formula is C18H23N3O. The summed E-state index contributed by atoms with van der Waals surface area (Å²) in [4.78, 5) is 18.1. The van der Waals surface area contributed by atoms with Gasteiger partial charge in [0.25, 0.3) is 5.91 Å². The molecule has 3 N–H and O–H groups in total. The fourth-order valence-electron chi connectivity index (χ4n) is 4.22. The molecule has 0 spiro atoms. The number of nitrogens with one attached hydrogen (secondary N) is 1. The van der Waals surface area contributed by atoms with Gasteiger partial charge in [-0.3, -0.25) is 4.79 Å². The van der Waals surface area contributed by atoms with Gasteiger partial charge in [0.2, 0.25) is 0 Å². The number of fused-ring (bicyclic) bond motifs is 2. The van der Waals surface area contributed by atoms with Crippen LogP contribution in [0.5, 0.6) is 0 Å². The van der Waals surface area contributed by atoms with Gasteiger partial charge in [-0.15, -0.1) is 0 Å². The van der Waals surface area contributed by atoms with Gasteiger partial charge in [0.05, 0.1) is 0 Å². The van der Waals surface area contributed by atoms with Gasteiger partial charge in [-0.05, 0) is 61.8 Å². The van der Waals surface area contributed by atoms with E-state index in [-0.39, 0.29) is 11.9 Å². The Balaban J connectivity index is 1.62. The normalized spacial score (nSPS) is 27.6. The van der Waals surface area contributed by atoms with Crippen LogP contribution in [0.1, 0.15) is 34.5 Å². The number of likely N-dealkylation sites (tertiary alicyclic amines) is 1. The molecule has 0 bridgehead atoms. The van der Waals surface area contributed by atoms with Crippen molar-refractivity contribution < 1.29 is 4.79 Å². The Bertz CT molecular complexity index is 748. The maximum absolute atomic E-state index is 12.8. The average Bonchev–Trinajstić information content (AvgIpc) is 3.18. The number of aromatic amines is 1. The standard InChI is InChI=1S/C18H23N3O/c1-10-3-6-16-13(11(10)2)7-17(20-16)18(22)21-8-12-4-5-15(19)14(12)9-21/h3,6-7,12,14-15,20H,4-5,8-9,19H2,1-2H3. The summed E-state index contributed by atoms with van der Waals surface area (Å²) in [6.07, 6.45) is 2.28. The van der Waals surface area contributed by atoms with Crippen LogP contribution in [0, 0.1) is 25.7 Å². The van der Waals surface area contributed by atoms with Crippen molar-refractivity contribution in [2.24, 2.45) is 17.6 Å². The lowest BCUT2D eigenvalue weighted by Crippen LogP contribution is -2.33. The largest absolute Gasteiger partial charge is 0.351 e. The minimum atomic E-state index is 0.120. The molecule has 2 heterocycles. The number of rotatable bonds is 1. The second-order valence-corrected chi connectivity index (χ2v) is 7.03. The first-order valence-corrected chi connectivity index (χ1v) is 8.18. The van der Waals surface area contributed by atoms with Crippen molar-refractivity contribution in [1.29, 1.82) is 0 Å². The van der Waals surface area contributed by atoms with Crippen molar-refractivity contribution in [2.75, 3.05) is 13.1 Å². The Labute approximate surface area is 130 Å². The third-order valence-corrected chi connectivity index (χ3v) is 5.77. The SMILES string of the molecule is Cc1ccc2[nH]c(C(=O)N3CC4CCC(N)C4C3)cc2c1C. The number of hydrogen-bond donors (Lipinski definition) is 2. The van der Waals surface area contributed by atoms with E-state index in [1.165, 1.54) is 17.5 Å². The van der Waals surface area contributed by atoms with E-state index < -0.39 is 0 Å². The van der Waals surface area contributed by atoms with Gasteiger partial charge in [0.15, 0.2) is 0 Å². The molecule has 4 rings (SSSR count). The molecule has 2 fully saturated rings. The number of aromatic nitrogens is 1. The van der Waals surface area contributed by atoms with Crippen LogP contribution in [0.3, 0.4) is 0 Å². The van der Waals surface area contributed by atoms with Crippen LogP contribution in [0.4, 0.5) is 0 Å². The predicted octanol–water partition coefficient (Wildman–Crippen LogP) is 2.59. The van der Waals surface area contributed by atoms with Gasteiger partial charge >= 0.3 is 0 Å². The first-order chi connectivity index (χ1) is 10.5. The van der Waals surface area contributed by atoms with Crippen LogP contribution >= 0.6 is 0 Å². The van der Waals surface area contributed by atoms with E-state index in [9.17, 15) is 4.79 Å². The van der Waals surface area contributed by atoms with E-state index >= 15 is 0 Å². The number of aryl methyl sites for hydroxylation is 2. The molecule has 1 amide bonds. The summed E-state index contributed by atoms with van der Waals surface area (Å²) in [6, 6.07) is 6.44. The molecule has 1 saturated carbocycles. The van der Waals surface area contributed by atoms with Gasteiger partial charge in [-0.2, -0.15) is 0 Å². The van der Waals surface area contributed by atoms with Crippen LogP contribution in [0.25, 0.3) is 10.9 Å². The van der Waals surface area contributed by atoms with Crippen LogP contribution in [0.2, 0.25) is 0 Å². The van der Waals surface area contributed by atoms with Crippen LogP contribution in [-0.4, -0.2) is 34.9 Å². The van der Waals surface area contributed by atoms with E-state index in [0.717, 1.165) is 30.4 Å². The highest BCUT2D eigenvalue weighted by Gasteiger charge is 2.42. The minimum Gasteiger partial charge on any atom is -0.351 e. The van der Waals surface area contributed by atoms with E-state index in [1.54, 1.807) is 0 Å². The molecule has 22 heavy (non-hydrogen) atoms. The number of H-pyrrole nitrogens is 1. The molecule has 1 saturated heterocycles. The lowest BCUT2D eigenvalue weighted by Gasteiger charge is -2.17. The molecule has 1 aromatic heterocycles. The Morgan fingerprint density at radius 2 is 2.09 bits per heavy atom. The molecule has 0 radical (unpaired) electrons. The molecule has 4 nitrogen and oxygen atoms in total.